The van der Waals surface area contributed by atoms with Crippen molar-refractivity contribution in [1.82, 2.24) is 0 Å². The molecule has 4 heteroatoms. The van der Waals surface area contributed by atoms with Crippen LogP contribution in [0.15, 0.2) is 72.9 Å². The third kappa shape index (κ3) is 18.2. The second kappa shape index (κ2) is 17.6. The van der Waals surface area contributed by atoms with Crippen LogP contribution >= 0.6 is 0 Å². The third-order valence-corrected chi connectivity index (χ3v) is 3.28. The lowest BCUT2D eigenvalue weighted by Gasteiger charge is -1.99. The van der Waals surface area contributed by atoms with Crippen LogP contribution in [0.4, 0.5) is 0 Å². The van der Waals surface area contributed by atoms with Crippen LogP contribution in [0.2, 0.25) is 0 Å². The molecule has 2 N–H and O–H groups in total. The van der Waals surface area contributed by atoms with Crippen molar-refractivity contribution in [2.45, 2.75) is 57.7 Å². The van der Waals surface area contributed by atoms with E-state index < -0.39 is 18.2 Å². The quantitative estimate of drug-likeness (QED) is 0.369. The fourth-order valence-corrected chi connectivity index (χ4v) is 1.90. The number of allylic oxidation sites excluding steroid dienone is 8. The van der Waals surface area contributed by atoms with Crippen LogP contribution in [0.1, 0.15) is 45.4 Å². The van der Waals surface area contributed by atoms with E-state index in [0.29, 0.717) is 25.7 Å². The molecule has 0 aromatic carbocycles. The normalized spacial score (nSPS) is 15.5. The minimum Gasteiger partial charge on any atom is -0.550 e. The zero-order valence-electron chi connectivity index (χ0n) is 15.5. The molecule has 0 rings (SSSR count). The molecular weight excluding hydrogens is 328 g/mol. The Labute approximate surface area is 157 Å². The number of hydrogen-bond acceptors (Lipinski definition) is 4. The fraction of sp³-hybridized carbons (Fsp3) is 0.409. The minimum absolute atomic E-state index is 0.0430. The maximum absolute atomic E-state index is 10.2. The van der Waals surface area contributed by atoms with Gasteiger partial charge >= 0.3 is 0 Å². The van der Waals surface area contributed by atoms with Gasteiger partial charge in [-0.15, -0.1) is 0 Å². The molecular formula is C22H31O4-. The van der Waals surface area contributed by atoms with Gasteiger partial charge in [0, 0.05) is 5.97 Å². The van der Waals surface area contributed by atoms with Gasteiger partial charge < -0.3 is 20.1 Å². The summed E-state index contributed by atoms with van der Waals surface area (Å²) in [6.07, 6.45) is 24.4. The molecule has 4 nitrogen and oxygen atoms in total. The Morgan fingerprint density at radius 1 is 0.846 bits per heavy atom. The summed E-state index contributed by atoms with van der Waals surface area (Å²) in [6.45, 7) is 2.05. The van der Waals surface area contributed by atoms with Gasteiger partial charge in [0.2, 0.25) is 0 Å². The largest absolute Gasteiger partial charge is 0.550 e. The Kier molecular flexibility index (Phi) is 16.2. The molecule has 0 heterocycles. The Morgan fingerprint density at radius 3 is 1.92 bits per heavy atom. The highest BCUT2D eigenvalue weighted by Crippen LogP contribution is 1.99. The van der Waals surface area contributed by atoms with Crippen molar-refractivity contribution >= 4 is 5.97 Å². The predicted octanol–water partition coefficient (Wildman–Crippen LogP) is 3.16. The summed E-state index contributed by atoms with van der Waals surface area (Å²) in [7, 11) is 0. The lowest BCUT2D eigenvalue weighted by Crippen LogP contribution is -2.21. The average Bonchev–Trinajstić information content (AvgIpc) is 2.60. The number of carboxylic acid groups (broad SMARTS) is 1. The number of aliphatic carboxylic acids is 1. The number of aliphatic hydroxyl groups excluding tert-OH is 2. The number of hydrogen-bond donors (Lipinski definition) is 2. The van der Waals surface area contributed by atoms with Gasteiger partial charge in [0.15, 0.2) is 0 Å². The van der Waals surface area contributed by atoms with Gasteiger partial charge in [-0.3, -0.25) is 0 Å². The van der Waals surface area contributed by atoms with Crippen molar-refractivity contribution in [3.63, 3.8) is 0 Å². The summed E-state index contributed by atoms with van der Waals surface area (Å²) in [5.41, 5.74) is 0. The number of aliphatic hydroxyl groups is 2. The Balaban J connectivity index is 3.87. The molecule has 144 valence electrons. The summed E-state index contributed by atoms with van der Waals surface area (Å²) >= 11 is 0. The highest BCUT2D eigenvalue weighted by atomic mass is 16.4. The van der Waals surface area contributed by atoms with E-state index in [4.69, 9.17) is 0 Å². The fourth-order valence-electron chi connectivity index (χ4n) is 1.90. The molecule has 0 radical (unpaired) electrons. The van der Waals surface area contributed by atoms with Crippen LogP contribution in [-0.4, -0.2) is 28.4 Å². The number of carbonyl (C=O) groups is 1. The molecule has 0 saturated carbocycles. The van der Waals surface area contributed by atoms with Crippen molar-refractivity contribution in [3.8, 4) is 0 Å². The maximum Gasteiger partial charge on any atom is 0.0758 e. The van der Waals surface area contributed by atoms with E-state index in [1.54, 1.807) is 30.4 Å². The number of carboxylic acids is 1. The highest BCUT2D eigenvalue weighted by Gasteiger charge is 1.93. The van der Waals surface area contributed by atoms with Crippen molar-refractivity contribution in [2.24, 2.45) is 0 Å². The third-order valence-electron chi connectivity index (χ3n) is 3.28. The molecule has 0 unspecified atom stereocenters. The van der Waals surface area contributed by atoms with Crippen LogP contribution in [0, 0.1) is 0 Å². The van der Waals surface area contributed by atoms with E-state index in [9.17, 15) is 20.1 Å². The summed E-state index contributed by atoms with van der Waals surface area (Å²) in [5, 5.41) is 29.7. The number of carbonyl (C=O) groups excluding carboxylic acids is 1. The van der Waals surface area contributed by atoms with Gasteiger partial charge in [0.1, 0.15) is 0 Å². The molecule has 26 heavy (non-hydrogen) atoms. The van der Waals surface area contributed by atoms with Crippen molar-refractivity contribution in [1.29, 1.82) is 0 Å². The molecule has 0 spiro atoms. The molecule has 0 aliphatic carbocycles. The smallest absolute Gasteiger partial charge is 0.0758 e. The van der Waals surface area contributed by atoms with Gasteiger partial charge in [-0.2, -0.15) is 0 Å². The Bertz CT molecular complexity index is 524. The van der Waals surface area contributed by atoms with Crippen LogP contribution in [0.5, 0.6) is 0 Å². The van der Waals surface area contributed by atoms with Gasteiger partial charge in [-0.05, 0) is 38.5 Å². The van der Waals surface area contributed by atoms with Gasteiger partial charge in [-0.1, -0.05) is 79.8 Å². The summed E-state index contributed by atoms with van der Waals surface area (Å²) in [6, 6.07) is 0. The zero-order chi connectivity index (χ0) is 19.5. The lowest BCUT2D eigenvalue weighted by atomic mass is 10.2. The van der Waals surface area contributed by atoms with E-state index in [1.807, 2.05) is 42.5 Å². The maximum atomic E-state index is 10.2. The average molecular weight is 359 g/mol. The summed E-state index contributed by atoms with van der Waals surface area (Å²) in [4.78, 5) is 10.2. The first kappa shape index (κ1) is 23.8. The summed E-state index contributed by atoms with van der Waals surface area (Å²) < 4.78 is 0. The minimum atomic E-state index is -1.04. The second-order valence-electron chi connectivity index (χ2n) is 5.73. The lowest BCUT2D eigenvalue weighted by molar-refractivity contribution is -0.305. The predicted molar refractivity (Wildman–Crippen MR) is 105 cm³/mol. The van der Waals surface area contributed by atoms with Crippen molar-refractivity contribution < 1.29 is 20.1 Å². The first-order valence-corrected chi connectivity index (χ1v) is 9.08. The Morgan fingerprint density at radius 2 is 1.38 bits per heavy atom. The van der Waals surface area contributed by atoms with Gasteiger partial charge in [0.25, 0.3) is 0 Å². The second-order valence-corrected chi connectivity index (χ2v) is 5.73. The van der Waals surface area contributed by atoms with E-state index in [0.717, 1.165) is 6.42 Å². The molecule has 0 amide bonds. The molecule has 0 fully saturated rings. The SMILES string of the molecule is CC/C=C\C[C@H](O)\C=C/C=C/C=C/[C@H](O)C/C=C\C/C=C\CCC(=O)[O-]. The zero-order valence-corrected chi connectivity index (χ0v) is 15.5. The van der Waals surface area contributed by atoms with E-state index >= 15 is 0 Å². The van der Waals surface area contributed by atoms with Gasteiger partial charge in [-0.25, -0.2) is 0 Å². The Hall–Kier alpha value is -2.17. The van der Waals surface area contributed by atoms with Crippen LogP contribution in [0.3, 0.4) is 0 Å². The van der Waals surface area contributed by atoms with Crippen LogP contribution in [0.25, 0.3) is 0 Å². The van der Waals surface area contributed by atoms with Crippen LogP contribution in [-0.2, 0) is 4.79 Å². The molecule has 0 aliphatic rings. The molecule has 0 aromatic heterocycles. The highest BCUT2D eigenvalue weighted by molar-refractivity contribution is 5.64. The monoisotopic (exact) mass is 359 g/mol. The molecule has 2 atom stereocenters. The molecule has 0 saturated heterocycles. The summed E-state index contributed by atoms with van der Waals surface area (Å²) in [5.74, 6) is -1.04. The molecule has 0 bridgehead atoms. The van der Waals surface area contributed by atoms with E-state index in [1.165, 1.54) is 0 Å². The van der Waals surface area contributed by atoms with E-state index in [-0.39, 0.29) is 6.42 Å². The molecule has 0 aromatic rings. The van der Waals surface area contributed by atoms with Crippen molar-refractivity contribution in [2.75, 3.05) is 0 Å². The van der Waals surface area contributed by atoms with Crippen LogP contribution < -0.4 is 5.11 Å². The number of rotatable bonds is 14. The standard InChI is InChI=1S/C22H32O4/c1-2-3-10-15-20(23)17-12-8-9-13-18-21(24)16-11-6-4-5-7-14-19-22(25)26/h3,5-13,17-18,20-21,23-24H,2,4,14-16,19H2,1H3,(H,25,26)/p-1/b7-5-,9-8+,10-3-,11-6-,17-12-,18-13+/t20-,21+/m0/s1. The van der Waals surface area contributed by atoms with Gasteiger partial charge in [0.05, 0.1) is 12.2 Å². The first-order chi connectivity index (χ1) is 12.6. The topological polar surface area (TPSA) is 80.6 Å². The molecule has 0 aliphatic heterocycles. The first-order valence-electron chi connectivity index (χ1n) is 9.08. The van der Waals surface area contributed by atoms with Crippen molar-refractivity contribution in [3.05, 3.63) is 72.9 Å². The van der Waals surface area contributed by atoms with E-state index in [2.05, 4.69) is 6.92 Å².